The van der Waals surface area contributed by atoms with Gasteiger partial charge in [-0.3, -0.25) is 4.90 Å². The number of aromatic nitrogens is 1. The third-order valence-electron chi connectivity index (χ3n) is 5.80. The van der Waals surface area contributed by atoms with Crippen molar-refractivity contribution in [3.63, 3.8) is 0 Å². The highest BCUT2D eigenvalue weighted by Crippen LogP contribution is 2.22. The zero-order valence-electron chi connectivity index (χ0n) is 19.2. The van der Waals surface area contributed by atoms with Crippen molar-refractivity contribution < 1.29 is 4.52 Å². The molecule has 2 heterocycles. The van der Waals surface area contributed by atoms with Crippen LogP contribution in [0.4, 0.5) is 0 Å². The smallest absolute Gasteiger partial charge is 0.191 e. The predicted octanol–water partition coefficient (Wildman–Crippen LogP) is 5.05. The molecule has 172 valence electrons. The summed E-state index contributed by atoms with van der Waals surface area (Å²) in [6.45, 7) is 12.0. The lowest BCUT2D eigenvalue weighted by molar-refractivity contribution is 0.331. The molecule has 1 aromatic carbocycles. The van der Waals surface area contributed by atoms with E-state index in [9.17, 15) is 0 Å². The van der Waals surface area contributed by atoms with Crippen LogP contribution in [0, 0.1) is 0 Å². The van der Waals surface area contributed by atoms with E-state index in [4.69, 9.17) is 9.52 Å². The summed E-state index contributed by atoms with van der Waals surface area (Å²) in [6.07, 6.45) is 4.83. The van der Waals surface area contributed by atoms with Gasteiger partial charge >= 0.3 is 0 Å². The van der Waals surface area contributed by atoms with Gasteiger partial charge < -0.3 is 15.2 Å². The Morgan fingerprint density at radius 3 is 2.39 bits per heavy atom. The second-order valence-corrected chi connectivity index (χ2v) is 8.08. The van der Waals surface area contributed by atoms with E-state index in [1.807, 2.05) is 0 Å². The molecular formula is C24H38IN5O. The van der Waals surface area contributed by atoms with Gasteiger partial charge in [0.2, 0.25) is 0 Å². The van der Waals surface area contributed by atoms with Crippen molar-refractivity contribution in [1.29, 1.82) is 0 Å². The fourth-order valence-corrected chi connectivity index (χ4v) is 3.94. The molecule has 7 heteroatoms. The Hall–Kier alpha value is -1.61. The molecule has 1 aliphatic rings. The zero-order valence-corrected chi connectivity index (χ0v) is 21.5. The van der Waals surface area contributed by atoms with Gasteiger partial charge in [-0.25, -0.2) is 4.99 Å². The standard InChI is InChI=1S/C24H37N5O.HI/c1-4-21(5-2)23-15-22(30-28-23)17-27-24(25-6-3)26-16-19-9-11-20(12-10-19)18-29-13-7-8-14-29;/h9-12,15,21H,4-8,13-14,16-18H2,1-3H3,(H2,25,26,27);1H. The van der Waals surface area contributed by atoms with Crippen molar-refractivity contribution in [2.75, 3.05) is 19.6 Å². The van der Waals surface area contributed by atoms with Gasteiger partial charge in [-0.1, -0.05) is 43.3 Å². The van der Waals surface area contributed by atoms with E-state index in [0.717, 1.165) is 43.3 Å². The SMILES string of the molecule is CCNC(=NCc1ccc(CN2CCCC2)cc1)NCc1cc(C(CC)CC)no1.I. The lowest BCUT2D eigenvalue weighted by atomic mass is 9.99. The van der Waals surface area contributed by atoms with Gasteiger partial charge in [0, 0.05) is 25.1 Å². The van der Waals surface area contributed by atoms with Gasteiger partial charge in [-0.05, 0) is 56.8 Å². The molecule has 0 amide bonds. The molecule has 6 nitrogen and oxygen atoms in total. The van der Waals surface area contributed by atoms with Crippen LogP contribution in [0.2, 0.25) is 0 Å². The molecule has 1 aliphatic heterocycles. The molecule has 0 saturated carbocycles. The van der Waals surface area contributed by atoms with Crippen LogP contribution in [0.25, 0.3) is 0 Å². The number of benzene rings is 1. The average molecular weight is 540 g/mol. The van der Waals surface area contributed by atoms with Crippen LogP contribution in [0.5, 0.6) is 0 Å². The Labute approximate surface area is 204 Å². The lowest BCUT2D eigenvalue weighted by Gasteiger charge is -2.14. The average Bonchev–Trinajstić information content (AvgIpc) is 3.44. The van der Waals surface area contributed by atoms with Crippen molar-refractivity contribution in [3.05, 3.63) is 52.9 Å². The summed E-state index contributed by atoms with van der Waals surface area (Å²) < 4.78 is 5.51. The van der Waals surface area contributed by atoms with Gasteiger partial charge in [0.15, 0.2) is 11.7 Å². The van der Waals surface area contributed by atoms with Crippen LogP contribution in [0.1, 0.15) is 75.0 Å². The molecule has 0 radical (unpaired) electrons. The summed E-state index contributed by atoms with van der Waals surface area (Å²) in [5.74, 6) is 2.10. The largest absolute Gasteiger partial charge is 0.359 e. The van der Waals surface area contributed by atoms with E-state index < -0.39 is 0 Å². The third-order valence-corrected chi connectivity index (χ3v) is 5.80. The van der Waals surface area contributed by atoms with Gasteiger partial charge in [-0.2, -0.15) is 0 Å². The minimum Gasteiger partial charge on any atom is -0.359 e. The first-order chi connectivity index (χ1) is 14.7. The van der Waals surface area contributed by atoms with E-state index >= 15 is 0 Å². The molecule has 2 aromatic rings. The number of hydrogen-bond donors (Lipinski definition) is 2. The quantitative estimate of drug-likeness (QED) is 0.252. The maximum Gasteiger partial charge on any atom is 0.191 e. The molecule has 0 bridgehead atoms. The Morgan fingerprint density at radius 1 is 1.06 bits per heavy atom. The summed E-state index contributed by atoms with van der Waals surface area (Å²) in [5.41, 5.74) is 3.65. The number of hydrogen-bond acceptors (Lipinski definition) is 4. The van der Waals surface area contributed by atoms with Crippen molar-refractivity contribution in [1.82, 2.24) is 20.7 Å². The summed E-state index contributed by atoms with van der Waals surface area (Å²) in [6, 6.07) is 10.9. The van der Waals surface area contributed by atoms with E-state index in [2.05, 4.69) is 71.8 Å². The first kappa shape index (κ1) is 25.6. The number of likely N-dealkylation sites (tertiary alicyclic amines) is 1. The van der Waals surface area contributed by atoms with Crippen molar-refractivity contribution >= 4 is 29.9 Å². The fraction of sp³-hybridized carbons (Fsp3) is 0.583. The maximum atomic E-state index is 5.51. The Kier molecular flexibility index (Phi) is 11.4. The number of halogens is 1. The normalized spacial score (nSPS) is 14.6. The Balaban J connectivity index is 0.00000341. The minimum atomic E-state index is 0. The predicted molar refractivity (Wildman–Crippen MR) is 138 cm³/mol. The number of aliphatic imine (C=N–C) groups is 1. The fourth-order valence-electron chi connectivity index (χ4n) is 3.94. The van der Waals surface area contributed by atoms with Crippen LogP contribution >= 0.6 is 24.0 Å². The number of guanidine groups is 1. The van der Waals surface area contributed by atoms with Crippen LogP contribution in [-0.4, -0.2) is 35.7 Å². The molecular weight excluding hydrogens is 501 g/mol. The first-order valence-electron chi connectivity index (χ1n) is 11.5. The van der Waals surface area contributed by atoms with Crippen molar-refractivity contribution in [3.8, 4) is 0 Å². The summed E-state index contributed by atoms with van der Waals surface area (Å²) >= 11 is 0. The van der Waals surface area contributed by atoms with Crippen molar-refractivity contribution in [2.45, 2.75) is 72.0 Å². The number of rotatable bonds is 10. The monoisotopic (exact) mass is 539 g/mol. The molecule has 31 heavy (non-hydrogen) atoms. The molecule has 0 spiro atoms. The second-order valence-electron chi connectivity index (χ2n) is 8.08. The molecule has 1 aromatic heterocycles. The van der Waals surface area contributed by atoms with E-state index in [-0.39, 0.29) is 24.0 Å². The molecule has 1 saturated heterocycles. The second kappa shape index (κ2) is 13.7. The highest BCUT2D eigenvalue weighted by Gasteiger charge is 2.13. The summed E-state index contributed by atoms with van der Waals surface area (Å²) in [5, 5.41) is 10.9. The van der Waals surface area contributed by atoms with E-state index in [1.54, 1.807) is 0 Å². The molecule has 3 rings (SSSR count). The highest BCUT2D eigenvalue weighted by atomic mass is 127. The molecule has 0 aliphatic carbocycles. The van der Waals surface area contributed by atoms with Crippen LogP contribution in [-0.2, 0) is 19.6 Å². The zero-order chi connectivity index (χ0) is 21.2. The number of nitrogens with zero attached hydrogens (tertiary/aromatic N) is 3. The van der Waals surface area contributed by atoms with Crippen LogP contribution < -0.4 is 10.6 Å². The van der Waals surface area contributed by atoms with Crippen molar-refractivity contribution in [2.24, 2.45) is 4.99 Å². The summed E-state index contributed by atoms with van der Waals surface area (Å²) in [4.78, 5) is 7.25. The first-order valence-corrected chi connectivity index (χ1v) is 11.5. The van der Waals surface area contributed by atoms with Gasteiger partial charge in [0.25, 0.3) is 0 Å². The van der Waals surface area contributed by atoms with Gasteiger partial charge in [0.05, 0.1) is 18.8 Å². The molecule has 0 atom stereocenters. The van der Waals surface area contributed by atoms with Crippen LogP contribution in [0.3, 0.4) is 0 Å². The highest BCUT2D eigenvalue weighted by molar-refractivity contribution is 14.0. The Bertz CT molecular complexity index is 780. The molecule has 0 unspecified atom stereocenters. The van der Waals surface area contributed by atoms with Gasteiger partial charge in [0.1, 0.15) is 0 Å². The third kappa shape index (κ3) is 8.11. The Morgan fingerprint density at radius 2 is 1.74 bits per heavy atom. The molecule has 2 N–H and O–H groups in total. The summed E-state index contributed by atoms with van der Waals surface area (Å²) in [7, 11) is 0. The van der Waals surface area contributed by atoms with Crippen LogP contribution in [0.15, 0.2) is 39.8 Å². The van der Waals surface area contributed by atoms with Gasteiger partial charge in [-0.15, -0.1) is 24.0 Å². The number of nitrogens with one attached hydrogen (secondary N) is 2. The van der Waals surface area contributed by atoms with E-state index in [0.29, 0.717) is 19.0 Å². The lowest BCUT2D eigenvalue weighted by Crippen LogP contribution is -2.36. The molecule has 1 fully saturated rings. The maximum absolute atomic E-state index is 5.51. The van der Waals surface area contributed by atoms with E-state index in [1.165, 1.54) is 37.1 Å². The minimum absolute atomic E-state index is 0. The topological polar surface area (TPSA) is 65.7 Å².